The van der Waals surface area contributed by atoms with Gasteiger partial charge in [0, 0.05) is 0 Å². The molecule has 86 valence electrons. The molecular weight excluding hydrogens is 319 g/mol. The number of carbonyl (C=O) groups is 1. The molecule has 0 unspecified atom stereocenters. The Kier molecular flexibility index (Phi) is 4.21. The van der Waals surface area contributed by atoms with Crippen molar-refractivity contribution >= 4 is 5.91 Å². The molecule has 0 aromatic carbocycles. The van der Waals surface area contributed by atoms with Gasteiger partial charge in [-0.2, -0.15) is 0 Å². The molecule has 0 aromatic rings. The SMILES string of the molecule is [C-]#[N+][C@@H]1CC(F)(F)CN1C(=O)CC[I-]N. The van der Waals surface area contributed by atoms with E-state index in [2.05, 4.69) is 4.85 Å². The van der Waals surface area contributed by atoms with Gasteiger partial charge in [-0.15, -0.1) is 0 Å². The van der Waals surface area contributed by atoms with Crippen LogP contribution in [0.3, 0.4) is 0 Å². The van der Waals surface area contributed by atoms with Gasteiger partial charge in [0.1, 0.15) is 0 Å². The number of likely N-dealkylation sites (tertiary alicyclic amines) is 1. The van der Waals surface area contributed by atoms with Crippen molar-refractivity contribution < 1.29 is 35.1 Å². The summed E-state index contributed by atoms with van der Waals surface area (Å²) in [6, 6.07) is 0. The van der Waals surface area contributed by atoms with Gasteiger partial charge in [-0.05, 0) is 0 Å². The average Bonchev–Trinajstić information content (AvgIpc) is 2.50. The number of nitrogens with zero attached hydrogens (tertiary/aromatic N) is 2. The molecule has 1 amide bonds. The summed E-state index contributed by atoms with van der Waals surface area (Å²) in [5.74, 6) is -3.29. The zero-order valence-corrected chi connectivity index (χ0v) is 10.1. The molecule has 0 saturated carbocycles. The first-order valence-electron chi connectivity index (χ1n) is 4.32. The fourth-order valence-electron chi connectivity index (χ4n) is 1.45. The summed E-state index contributed by atoms with van der Waals surface area (Å²) in [6.45, 7) is 6.13. The molecule has 1 aliphatic heterocycles. The Morgan fingerprint density at radius 3 is 2.93 bits per heavy atom. The molecule has 1 heterocycles. The first kappa shape index (κ1) is 12.6. The summed E-state index contributed by atoms with van der Waals surface area (Å²) in [4.78, 5) is 15.5. The summed E-state index contributed by atoms with van der Waals surface area (Å²) >= 11 is -0.498. The van der Waals surface area contributed by atoms with Gasteiger partial charge in [-0.25, -0.2) is 0 Å². The quantitative estimate of drug-likeness (QED) is 0.268. The van der Waals surface area contributed by atoms with E-state index in [1.807, 2.05) is 0 Å². The van der Waals surface area contributed by atoms with Crippen molar-refractivity contribution in [2.24, 2.45) is 3.95 Å². The third-order valence-corrected chi connectivity index (χ3v) is 3.29. The van der Waals surface area contributed by atoms with Gasteiger partial charge < -0.3 is 0 Å². The van der Waals surface area contributed by atoms with Gasteiger partial charge in [0.25, 0.3) is 0 Å². The minimum absolute atomic E-state index is 0.186. The van der Waals surface area contributed by atoms with Gasteiger partial charge in [0.05, 0.1) is 0 Å². The zero-order valence-electron chi connectivity index (χ0n) is 7.92. The van der Waals surface area contributed by atoms with Gasteiger partial charge >= 0.3 is 97.1 Å². The Morgan fingerprint density at radius 1 is 1.73 bits per heavy atom. The van der Waals surface area contributed by atoms with E-state index in [1.54, 1.807) is 0 Å². The number of rotatable bonds is 3. The number of halogens is 3. The van der Waals surface area contributed by atoms with Crippen LogP contribution in [-0.2, 0) is 4.79 Å². The molecular formula is C8H11F2IN3O-. The number of nitrogens with two attached hydrogens (primary N) is 1. The van der Waals surface area contributed by atoms with Crippen LogP contribution >= 0.6 is 0 Å². The molecule has 1 atom stereocenters. The Morgan fingerprint density at radius 2 is 2.40 bits per heavy atom. The maximum absolute atomic E-state index is 13.0. The number of alkyl halides is 3. The van der Waals surface area contributed by atoms with Crippen LogP contribution in [0, 0.1) is 6.57 Å². The standard InChI is InChI=1S/C8H11F2IN3O/c1-13-6-4-8(9,10)5-14(6)7(15)2-3-11-12/h6H,2-5,12H2/q-1/t6-/m0/s1. The van der Waals surface area contributed by atoms with Crippen LogP contribution in [0.2, 0.25) is 0 Å². The zero-order chi connectivity index (χ0) is 11.5. The molecule has 1 rings (SSSR count). The van der Waals surface area contributed by atoms with Crippen molar-refractivity contribution in [3.05, 3.63) is 11.4 Å². The molecule has 4 nitrogen and oxygen atoms in total. The Bertz CT molecular complexity index is 292. The van der Waals surface area contributed by atoms with Crippen molar-refractivity contribution in [3.8, 4) is 0 Å². The molecule has 0 bridgehead atoms. The van der Waals surface area contributed by atoms with E-state index < -0.39 is 46.5 Å². The Balaban J connectivity index is 2.61. The van der Waals surface area contributed by atoms with Crippen LogP contribution in [0.4, 0.5) is 8.78 Å². The van der Waals surface area contributed by atoms with E-state index in [4.69, 9.17) is 10.5 Å². The first-order valence-corrected chi connectivity index (χ1v) is 7.09. The molecule has 0 aromatic heterocycles. The monoisotopic (exact) mass is 330 g/mol. The fourth-order valence-corrected chi connectivity index (χ4v) is 2.22. The molecule has 2 N–H and O–H groups in total. The van der Waals surface area contributed by atoms with E-state index >= 15 is 0 Å². The van der Waals surface area contributed by atoms with Crippen LogP contribution in [0.5, 0.6) is 0 Å². The van der Waals surface area contributed by atoms with Crippen molar-refractivity contribution in [1.82, 2.24) is 4.90 Å². The minimum atomic E-state index is -2.91. The van der Waals surface area contributed by atoms with Crippen molar-refractivity contribution in [2.75, 3.05) is 11.0 Å². The second-order valence-electron chi connectivity index (χ2n) is 3.28. The Hall–Kier alpha value is -0.490. The van der Waals surface area contributed by atoms with Crippen molar-refractivity contribution in [2.45, 2.75) is 24.9 Å². The second kappa shape index (κ2) is 5.03. The third kappa shape index (κ3) is 3.24. The summed E-state index contributed by atoms with van der Waals surface area (Å²) in [6.07, 6.45) is -1.35. The summed E-state index contributed by atoms with van der Waals surface area (Å²) in [5.41, 5.74) is 0. The van der Waals surface area contributed by atoms with Crippen LogP contribution in [0.25, 0.3) is 4.85 Å². The van der Waals surface area contributed by atoms with Crippen LogP contribution in [0.1, 0.15) is 12.8 Å². The molecule has 0 spiro atoms. The first-order chi connectivity index (χ1) is 7.00. The predicted molar refractivity (Wildman–Crippen MR) is 45.3 cm³/mol. The predicted octanol–water partition coefficient (Wildman–Crippen LogP) is -2.55. The van der Waals surface area contributed by atoms with E-state index in [0.717, 1.165) is 4.90 Å². The maximum atomic E-state index is 13.0. The third-order valence-electron chi connectivity index (χ3n) is 2.13. The van der Waals surface area contributed by atoms with Crippen LogP contribution in [-0.4, -0.2) is 33.9 Å². The van der Waals surface area contributed by atoms with Gasteiger partial charge in [0.2, 0.25) is 0 Å². The molecule has 1 aliphatic rings. The molecule has 7 heteroatoms. The normalized spacial score (nSPS) is 24.1. The summed E-state index contributed by atoms with van der Waals surface area (Å²) in [7, 11) is 0. The number of hydrogen-bond acceptors (Lipinski definition) is 2. The van der Waals surface area contributed by atoms with E-state index in [0.29, 0.717) is 4.43 Å². The number of amides is 1. The van der Waals surface area contributed by atoms with Gasteiger partial charge in [0.15, 0.2) is 0 Å². The molecule has 1 fully saturated rings. The topological polar surface area (TPSA) is 50.7 Å². The van der Waals surface area contributed by atoms with E-state index in [-0.39, 0.29) is 12.3 Å². The summed E-state index contributed by atoms with van der Waals surface area (Å²) < 4.78 is 31.8. The van der Waals surface area contributed by atoms with Gasteiger partial charge in [-0.3, -0.25) is 0 Å². The van der Waals surface area contributed by atoms with Crippen molar-refractivity contribution in [1.29, 1.82) is 0 Å². The van der Waals surface area contributed by atoms with E-state index in [9.17, 15) is 13.6 Å². The molecule has 15 heavy (non-hydrogen) atoms. The fraction of sp³-hybridized carbons (Fsp3) is 0.750. The van der Waals surface area contributed by atoms with Gasteiger partial charge in [-0.1, -0.05) is 0 Å². The number of carbonyl (C=O) groups excluding carboxylic acids is 1. The van der Waals surface area contributed by atoms with Crippen LogP contribution in [0.15, 0.2) is 0 Å². The second-order valence-corrected chi connectivity index (χ2v) is 5.24. The molecule has 0 aliphatic carbocycles. The van der Waals surface area contributed by atoms with Crippen LogP contribution < -0.4 is 25.4 Å². The molecule has 0 radical (unpaired) electrons. The average molecular weight is 330 g/mol. The Labute approximate surface area is 97.2 Å². The number of hydrogen-bond donors (Lipinski definition) is 1. The van der Waals surface area contributed by atoms with Crippen molar-refractivity contribution in [3.63, 3.8) is 0 Å². The summed E-state index contributed by atoms with van der Waals surface area (Å²) in [5, 5.41) is 0. The van der Waals surface area contributed by atoms with E-state index in [1.165, 1.54) is 0 Å². The molecule has 1 saturated heterocycles.